The number of aryl methyl sites for hydroxylation is 1. The second-order valence-electron chi connectivity index (χ2n) is 6.07. The maximum absolute atomic E-state index is 12.9. The predicted molar refractivity (Wildman–Crippen MR) is 86.3 cm³/mol. The maximum Gasteiger partial charge on any atom is 0.326 e. The van der Waals surface area contributed by atoms with Crippen molar-refractivity contribution >= 4 is 23.8 Å². The van der Waals surface area contributed by atoms with E-state index in [-0.39, 0.29) is 0 Å². The van der Waals surface area contributed by atoms with Crippen LogP contribution in [-0.2, 0) is 31.1 Å². The van der Waals surface area contributed by atoms with Crippen LogP contribution in [0.15, 0.2) is 24.3 Å². The van der Waals surface area contributed by atoms with E-state index in [1.54, 1.807) is 0 Å². The van der Waals surface area contributed by atoms with Gasteiger partial charge in [-0.05, 0) is 30.4 Å². The molecule has 8 heteroatoms. The van der Waals surface area contributed by atoms with Gasteiger partial charge in [0.1, 0.15) is 12.1 Å². The Morgan fingerprint density at radius 1 is 1.32 bits per heavy atom. The maximum atomic E-state index is 12.9. The molecular weight excluding hydrogens is 326 g/mol. The molecule has 25 heavy (non-hydrogen) atoms. The Balaban J connectivity index is 1.77. The van der Waals surface area contributed by atoms with Crippen LogP contribution in [0.2, 0.25) is 0 Å². The zero-order chi connectivity index (χ0) is 18.0. The summed E-state index contributed by atoms with van der Waals surface area (Å²) in [6.07, 6.45) is 2.09. The van der Waals surface area contributed by atoms with Gasteiger partial charge in [0.15, 0.2) is 6.61 Å². The van der Waals surface area contributed by atoms with Gasteiger partial charge in [0.05, 0.1) is 0 Å². The van der Waals surface area contributed by atoms with Crippen LogP contribution in [0, 0.1) is 0 Å². The molecule has 1 aromatic rings. The van der Waals surface area contributed by atoms with Crippen molar-refractivity contribution in [3.8, 4) is 0 Å². The highest BCUT2D eigenvalue weighted by Crippen LogP contribution is 2.39. The van der Waals surface area contributed by atoms with E-state index in [1.165, 1.54) is 7.05 Å². The number of hydrogen-bond acceptors (Lipinski definition) is 5. The first-order valence-electron chi connectivity index (χ1n) is 8.06. The molecule has 2 aliphatic rings. The lowest BCUT2D eigenvalue weighted by Crippen LogP contribution is -2.46. The second kappa shape index (κ2) is 6.54. The largest absolute Gasteiger partial charge is 0.454 e. The molecule has 1 spiro atoms. The Bertz CT molecular complexity index is 748. The summed E-state index contributed by atoms with van der Waals surface area (Å²) in [5, 5.41) is 5.07. The van der Waals surface area contributed by atoms with E-state index in [4.69, 9.17) is 4.74 Å². The molecule has 0 unspecified atom stereocenters. The van der Waals surface area contributed by atoms with E-state index in [1.807, 2.05) is 24.3 Å². The monoisotopic (exact) mass is 345 g/mol. The van der Waals surface area contributed by atoms with E-state index >= 15 is 0 Å². The molecule has 1 aliphatic heterocycles. The first kappa shape index (κ1) is 16.9. The molecule has 1 saturated heterocycles. The molecule has 132 valence electrons. The van der Waals surface area contributed by atoms with Gasteiger partial charge in [-0.3, -0.25) is 19.3 Å². The topological polar surface area (TPSA) is 105 Å². The summed E-state index contributed by atoms with van der Waals surface area (Å²) in [4.78, 5) is 49.1. The lowest BCUT2D eigenvalue weighted by Gasteiger charge is -2.33. The number of imide groups is 1. The Morgan fingerprint density at radius 3 is 2.84 bits per heavy atom. The molecular formula is C17H19N3O5. The molecule has 1 aromatic carbocycles. The third-order valence-electron chi connectivity index (χ3n) is 4.58. The molecule has 2 N–H and O–H groups in total. The summed E-state index contributed by atoms with van der Waals surface area (Å²) in [6.45, 7) is -0.974. The normalized spacial score (nSPS) is 21.7. The van der Waals surface area contributed by atoms with Gasteiger partial charge in [-0.15, -0.1) is 0 Å². The number of carbonyl (C=O) groups is 4. The predicted octanol–water partition coefficient (Wildman–Crippen LogP) is 0.0592. The van der Waals surface area contributed by atoms with Crippen molar-refractivity contribution in [3.63, 3.8) is 0 Å². The van der Waals surface area contributed by atoms with Crippen LogP contribution in [0.1, 0.15) is 24.0 Å². The highest BCUT2D eigenvalue weighted by molar-refractivity contribution is 6.09. The van der Waals surface area contributed by atoms with Crippen LogP contribution in [-0.4, -0.2) is 48.9 Å². The number of rotatable bonds is 4. The number of urea groups is 1. The molecule has 0 aromatic heterocycles. The molecule has 1 heterocycles. The van der Waals surface area contributed by atoms with Crippen LogP contribution in [0.25, 0.3) is 0 Å². The number of amides is 4. The third-order valence-corrected chi connectivity index (χ3v) is 4.58. The number of nitrogens with one attached hydrogen (secondary N) is 2. The van der Waals surface area contributed by atoms with Crippen molar-refractivity contribution in [1.29, 1.82) is 0 Å². The van der Waals surface area contributed by atoms with Crippen molar-refractivity contribution < 1.29 is 23.9 Å². The Kier molecular flexibility index (Phi) is 4.43. The molecule has 3 rings (SSSR count). The number of esters is 1. The Morgan fingerprint density at radius 2 is 2.08 bits per heavy atom. The van der Waals surface area contributed by atoms with Crippen molar-refractivity contribution in [2.24, 2.45) is 0 Å². The number of benzene rings is 1. The quantitative estimate of drug-likeness (QED) is 0.593. The van der Waals surface area contributed by atoms with E-state index in [0.29, 0.717) is 6.42 Å². The fourth-order valence-electron chi connectivity index (χ4n) is 3.35. The summed E-state index contributed by atoms with van der Waals surface area (Å²) in [7, 11) is 1.41. The lowest BCUT2D eigenvalue weighted by molar-refractivity contribution is -0.151. The van der Waals surface area contributed by atoms with Crippen LogP contribution in [0.5, 0.6) is 0 Å². The van der Waals surface area contributed by atoms with Gasteiger partial charge in [0.2, 0.25) is 0 Å². The molecule has 0 bridgehead atoms. The van der Waals surface area contributed by atoms with Gasteiger partial charge in [-0.2, -0.15) is 0 Å². The third kappa shape index (κ3) is 2.95. The highest BCUT2D eigenvalue weighted by Gasteiger charge is 2.54. The van der Waals surface area contributed by atoms with Gasteiger partial charge >= 0.3 is 12.0 Å². The van der Waals surface area contributed by atoms with Crippen molar-refractivity contribution in [1.82, 2.24) is 15.5 Å². The number of fused-ring (bicyclic) bond motifs is 2. The number of likely N-dealkylation sites (N-methyl/N-ethyl adjacent to an activating group) is 1. The zero-order valence-electron chi connectivity index (χ0n) is 13.8. The molecule has 1 atom stereocenters. The Hall–Kier alpha value is -2.90. The molecule has 8 nitrogen and oxygen atoms in total. The first-order chi connectivity index (χ1) is 12.0. The van der Waals surface area contributed by atoms with Gasteiger partial charge in [0.25, 0.3) is 11.8 Å². The summed E-state index contributed by atoms with van der Waals surface area (Å²) in [5.74, 6) is -1.74. The average molecular weight is 345 g/mol. The first-order valence-corrected chi connectivity index (χ1v) is 8.06. The SMILES string of the molecule is CNC(=O)COC(=O)CN1C(=O)N[C@]2(CCCc3ccccc32)C1=O. The number of hydrogen-bond donors (Lipinski definition) is 2. The standard InChI is InChI=1S/C17H19N3O5/c1-18-13(21)10-25-14(22)9-20-15(23)17(19-16(20)24)8-4-6-11-5-2-3-7-12(11)17/h2-3,5,7H,4,6,8-10H2,1H3,(H,18,21)(H,19,24)/t17-/m0/s1. The smallest absolute Gasteiger partial charge is 0.326 e. The van der Waals surface area contributed by atoms with Crippen LogP contribution >= 0.6 is 0 Å². The molecule has 4 amide bonds. The number of nitrogens with zero attached hydrogens (tertiary/aromatic N) is 1. The van der Waals surface area contributed by atoms with Gasteiger partial charge < -0.3 is 15.4 Å². The minimum Gasteiger partial charge on any atom is -0.454 e. The molecule has 1 fully saturated rings. The van der Waals surface area contributed by atoms with Crippen molar-refractivity contribution in [2.75, 3.05) is 20.2 Å². The van der Waals surface area contributed by atoms with Crippen molar-refractivity contribution in [2.45, 2.75) is 24.8 Å². The van der Waals surface area contributed by atoms with Gasteiger partial charge in [0, 0.05) is 7.05 Å². The summed E-state index contributed by atoms with van der Waals surface area (Å²) in [5.41, 5.74) is 0.680. The second-order valence-corrected chi connectivity index (χ2v) is 6.07. The highest BCUT2D eigenvalue weighted by atomic mass is 16.5. The van der Waals surface area contributed by atoms with Crippen LogP contribution in [0.4, 0.5) is 4.79 Å². The van der Waals surface area contributed by atoms with Crippen molar-refractivity contribution in [3.05, 3.63) is 35.4 Å². The molecule has 0 radical (unpaired) electrons. The van der Waals surface area contributed by atoms with E-state index < -0.39 is 42.5 Å². The minimum absolute atomic E-state index is 0.451. The van der Waals surface area contributed by atoms with Crippen LogP contribution < -0.4 is 10.6 Å². The molecule has 1 aliphatic carbocycles. The average Bonchev–Trinajstić information content (AvgIpc) is 2.85. The molecule has 0 saturated carbocycles. The number of ether oxygens (including phenoxy) is 1. The fourth-order valence-corrected chi connectivity index (χ4v) is 3.35. The van der Waals surface area contributed by atoms with Gasteiger partial charge in [-0.1, -0.05) is 24.3 Å². The van der Waals surface area contributed by atoms with Gasteiger partial charge in [-0.25, -0.2) is 4.79 Å². The minimum atomic E-state index is -1.12. The zero-order valence-corrected chi connectivity index (χ0v) is 13.8. The Labute approximate surface area is 144 Å². The fraction of sp³-hybridized carbons (Fsp3) is 0.412. The van der Waals surface area contributed by atoms with E-state index in [0.717, 1.165) is 28.9 Å². The summed E-state index contributed by atoms with van der Waals surface area (Å²) in [6, 6.07) is 6.87. The van der Waals surface area contributed by atoms with E-state index in [9.17, 15) is 19.2 Å². The van der Waals surface area contributed by atoms with Crippen LogP contribution in [0.3, 0.4) is 0 Å². The van der Waals surface area contributed by atoms with E-state index in [2.05, 4.69) is 10.6 Å². The number of carbonyl (C=O) groups excluding carboxylic acids is 4. The lowest BCUT2D eigenvalue weighted by atomic mass is 9.76. The summed E-state index contributed by atoms with van der Waals surface area (Å²) >= 11 is 0. The summed E-state index contributed by atoms with van der Waals surface area (Å²) < 4.78 is 4.77.